The number of hydrogen-bond donors (Lipinski definition) is 1. The SMILES string of the molecule is C/C=C/C=C/C(=O)Nc1ccccc1OCCN(CC)CC. The molecule has 0 saturated carbocycles. The second kappa shape index (κ2) is 10.6. The predicted octanol–water partition coefficient (Wildman–Crippen LogP) is 3.48. The lowest BCUT2D eigenvalue weighted by Crippen LogP contribution is -2.28. The van der Waals surface area contributed by atoms with Gasteiger partial charge in [0.15, 0.2) is 0 Å². The topological polar surface area (TPSA) is 41.6 Å². The van der Waals surface area contributed by atoms with Crippen LogP contribution in [0.2, 0.25) is 0 Å². The molecule has 0 bridgehead atoms. The number of likely N-dealkylation sites (N-methyl/N-ethyl adjacent to an activating group) is 1. The van der Waals surface area contributed by atoms with Crippen LogP contribution in [0.15, 0.2) is 48.6 Å². The standard InChI is InChI=1S/C18H26N2O2/c1-4-7-8-13-18(21)19-16-11-9-10-12-17(16)22-15-14-20(5-2)6-3/h4,7-13H,5-6,14-15H2,1-3H3,(H,19,21)/b7-4+,13-8+. The molecular formula is C18H26N2O2. The van der Waals surface area contributed by atoms with E-state index in [1.54, 1.807) is 6.08 Å². The molecule has 0 atom stereocenters. The molecule has 0 aromatic heterocycles. The summed E-state index contributed by atoms with van der Waals surface area (Å²) in [5, 5.41) is 2.84. The van der Waals surface area contributed by atoms with E-state index in [1.807, 2.05) is 43.3 Å². The van der Waals surface area contributed by atoms with Gasteiger partial charge in [0.1, 0.15) is 12.4 Å². The molecule has 1 rings (SSSR count). The first kappa shape index (κ1) is 18.0. The summed E-state index contributed by atoms with van der Waals surface area (Å²) in [6, 6.07) is 7.49. The number of anilines is 1. The van der Waals surface area contributed by atoms with Crippen LogP contribution >= 0.6 is 0 Å². The monoisotopic (exact) mass is 302 g/mol. The number of nitrogens with zero attached hydrogens (tertiary/aromatic N) is 1. The molecule has 0 saturated heterocycles. The van der Waals surface area contributed by atoms with Gasteiger partial charge in [-0.3, -0.25) is 4.79 Å². The first-order valence-corrected chi connectivity index (χ1v) is 7.75. The fourth-order valence-corrected chi connectivity index (χ4v) is 1.95. The van der Waals surface area contributed by atoms with E-state index in [9.17, 15) is 4.79 Å². The molecule has 22 heavy (non-hydrogen) atoms. The Balaban J connectivity index is 2.60. The highest BCUT2D eigenvalue weighted by atomic mass is 16.5. The molecule has 0 spiro atoms. The summed E-state index contributed by atoms with van der Waals surface area (Å²) in [6.45, 7) is 9.66. The zero-order valence-corrected chi connectivity index (χ0v) is 13.7. The van der Waals surface area contributed by atoms with Crippen molar-refractivity contribution in [1.29, 1.82) is 0 Å². The second-order valence-electron chi connectivity index (χ2n) is 4.75. The molecule has 0 aliphatic heterocycles. The fraction of sp³-hybridized carbons (Fsp3) is 0.389. The van der Waals surface area contributed by atoms with Gasteiger partial charge in [0.2, 0.25) is 5.91 Å². The van der Waals surface area contributed by atoms with E-state index in [2.05, 4.69) is 24.1 Å². The molecule has 120 valence electrons. The zero-order valence-electron chi connectivity index (χ0n) is 13.7. The molecule has 1 N–H and O–H groups in total. The molecule has 4 nitrogen and oxygen atoms in total. The van der Waals surface area contributed by atoms with Crippen molar-refractivity contribution in [2.45, 2.75) is 20.8 Å². The Labute approximate surface area is 133 Å². The van der Waals surface area contributed by atoms with E-state index in [0.717, 1.165) is 19.6 Å². The third-order valence-electron chi connectivity index (χ3n) is 3.26. The Kier molecular flexibility index (Phi) is 8.69. The number of benzene rings is 1. The maximum Gasteiger partial charge on any atom is 0.248 e. The minimum atomic E-state index is -0.169. The molecule has 0 heterocycles. The highest BCUT2D eigenvalue weighted by Crippen LogP contribution is 2.23. The van der Waals surface area contributed by atoms with Crippen molar-refractivity contribution in [3.8, 4) is 5.75 Å². The number of amides is 1. The van der Waals surface area contributed by atoms with Gasteiger partial charge in [0.05, 0.1) is 5.69 Å². The summed E-state index contributed by atoms with van der Waals surface area (Å²) in [4.78, 5) is 14.1. The highest BCUT2D eigenvalue weighted by Gasteiger charge is 2.06. The van der Waals surface area contributed by atoms with Crippen LogP contribution in [0, 0.1) is 0 Å². The van der Waals surface area contributed by atoms with Crippen LogP contribution in [-0.4, -0.2) is 37.0 Å². The molecule has 0 unspecified atom stereocenters. The van der Waals surface area contributed by atoms with Gasteiger partial charge in [0.25, 0.3) is 0 Å². The van der Waals surface area contributed by atoms with E-state index in [-0.39, 0.29) is 5.91 Å². The number of carbonyl (C=O) groups excluding carboxylic acids is 1. The van der Waals surface area contributed by atoms with Gasteiger partial charge < -0.3 is 15.0 Å². The minimum Gasteiger partial charge on any atom is -0.490 e. The van der Waals surface area contributed by atoms with Crippen LogP contribution in [0.3, 0.4) is 0 Å². The summed E-state index contributed by atoms with van der Waals surface area (Å²) in [7, 11) is 0. The van der Waals surface area contributed by atoms with Gasteiger partial charge in [-0.25, -0.2) is 0 Å². The maximum atomic E-state index is 11.8. The van der Waals surface area contributed by atoms with Crippen LogP contribution in [0.4, 0.5) is 5.69 Å². The first-order valence-electron chi connectivity index (χ1n) is 7.75. The van der Waals surface area contributed by atoms with Gasteiger partial charge in [-0.05, 0) is 32.1 Å². The summed E-state index contributed by atoms with van der Waals surface area (Å²) in [6.07, 6.45) is 6.88. The van der Waals surface area contributed by atoms with E-state index >= 15 is 0 Å². The molecule has 0 fully saturated rings. The van der Waals surface area contributed by atoms with Crippen molar-refractivity contribution in [3.63, 3.8) is 0 Å². The molecule has 4 heteroatoms. The minimum absolute atomic E-state index is 0.169. The highest BCUT2D eigenvalue weighted by molar-refractivity contribution is 6.00. The van der Waals surface area contributed by atoms with Gasteiger partial charge in [-0.1, -0.05) is 44.2 Å². The summed E-state index contributed by atoms with van der Waals surface area (Å²) < 4.78 is 5.80. The van der Waals surface area contributed by atoms with Gasteiger partial charge in [0, 0.05) is 12.6 Å². The van der Waals surface area contributed by atoms with Crippen molar-refractivity contribution >= 4 is 11.6 Å². The average molecular weight is 302 g/mol. The molecular weight excluding hydrogens is 276 g/mol. The van der Waals surface area contributed by atoms with Gasteiger partial charge in [-0.2, -0.15) is 0 Å². The van der Waals surface area contributed by atoms with Gasteiger partial charge >= 0.3 is 0 Å². The third kappa shape index (κ3) is 6.59. The number of para-hydroxylation sites is 2. The second-order valence-corrected chi connectivity index (χ2v) is 4.75. The number of ether oxygens (including phenoxy) is 1. The van der Waals surface area contributed by atoms with Crippen LogP contribution in [0.25, 0.3) is 0 Å². The molecule has 1 aromatic carbocycles. The summed E-state index contributed by atoms with van der Waals surface area (Å²) in [5.41, 5.74) is 0.692. The Morgan fingerprint density at radius 3 is 2.64 bits per heavy atom. The quantitative estimate of drug-likeness (QED) is 0.561. The van der Waals surface area contributed by atoms with E-state index in [4.69, 9.17) is 4.74 Å². The van der Waals surface area contributed by atoms with Crippen molar-refractivity contribution in [2.75, 3.05) is 31.6 Å². The number of hydrogen-bond acceptors (Lipinski definition) is 3. The van der Waals surface area contributed by atoms with E-state index in [1.165, 1.54) is 6.08 Å². The Hall–Kier alpha value is -2.07. The lowest BCUT2D eigenvalue weighted by molar-refractivity contribution is -0.111. The Morgan fingerprint density at radius 1 is 1.23 bits per heavy atom. The van der Waals surface area contributed by atoms with Crippen molar-refractivity contribution in [2.24, 2.45) is 0 Å². The number of allylic oxidation sites excluding steroid dienone is 3. The Morgan fingerprint density at radius 2 is 1.95 bits per heavy atom. The molecule has 0 radical (unpaired) electrons. The molecule has 0 aliphatic carbocycles. The predicted molar refractivity (Wildman–Crippen MR) is 92.3 cm³/mol. The van der Waals surface area contributed by atoms with E-state index in [0.29, 0.717) is 18.0 Å². The fourth-order valence-electron chi connectivity index (χ4n) is 1.95. The lowest BCUT2D eigenvalue weighted by Gasteiger charge is -2.19. The molecule has 1 aromatic rings. The van der Waals surface area contributed by atoms with Crippen LogP contribution in [-0.2, 0) is 4.79 Å². The summed E-state index contributed by atoms with van der Waals surface area (Å²) in [5.74, 6) is 0.528. The smallest absolute Gasteiger partial charge is 0.248 e. The number of carbonyl (C=O) groups is 1. The normalized spacial score (nSPS) is 11.5. The van der Waals surface area contributed by atoms with Gasteiger partial charge in [-0.15, -0.1) is 0 Å². The van der Waals surface area contributed by atoms with Crippen molar-refractivity contribution in [1.82, 2.24) is 4.90 Å². The summed E-state index contributed by atoms with van der Waals surface area (Å²) >= 11 is 0. The number of rotatable bonds is 9. The Bertz CT molecular complexity index is 506. The molecule has 0 aliphatic rings. The first-order chi connectivity index (χ1) is 10.7. The maximum absolute atomic E-state index is 11.8. The van der Waals surface area contributed by atoms with Crippen molar-refractivity contribution < 1.29 is 9.53 Å². The third-order valence-corrected chi connectivity index (χ3v) is 3.26. The van der Waals surface area contributed by atoms with Crippen molar-refractivity contribution in [3.05, 3.63) is 48.6 Å². The van der Waals surface area contributed by atoms with Crippen LogP contribution in [0.1, 0.15) is 20.8 Å². The zero-order chi connectivity index (χ0) is 16.2. The molecule has 1 amide bonds. The largest absolute Gasteiger partial charge is 0.490 e. The van der Waals surface area contributed by atoms with Crippen LogP contribution in [0.5, 0.6) is 5.75 Å². The number of nitrogens with one attached hydrogen (secondary N) is 1. The average Bonchev–Trinajstić information content (AvgIpc) is 2.53. The van der Waals surface area contributed by atoms with Crippen LogP contribution < -0.4 is 10.1 Å². The van der Waals surface area contributed by atoms with E-state index < -0.39 is 0 Å². The lowest BCUT2D eigenvalue weighted by atomic mass is 10.3.